The van der Waals surface area contributed by atoms with Crippen molar-refractivity contribution in [3.05, 3.63) is 63.6 Å². The van der Waals surface area contributed by atoms with Gasteiger partial charge in [-0.2, -0.15) is 0 Å². The molecular weight excluding hydrogens is 326 g/mol. The van der Waals surface area contributed by atoms with E-state index in [1.807, 2.05) is 7.05 Å². The summed E-state index contributed by atoms with van der Waals surface area (Å²) in [5.74, 6) is 1.02. The van der Waals surface area contributed by atoms with E-state index in [9.17, 15) is 0 Å². The highest BCUT2D eigenvalue weighted by Gasteiger charge is 2.32. The fourth-order valence-corrected chi connectivity index (χ4v) is 3.16. The average molecular weight is 346 g/mol. The van der Waals surface area contributed by atoms with Crippen molar-refractivity contribution < 1.29 is 4.74 Å². The Bertz CT molecular complexity index is 649. The largest absolute Gasteiger partial charge is 0.492 e. The van der Waals surface area contributed by atoms with Crippen LogP contribution in [0.15, 0.2) is 46.9 Å². The first-order valence-electron chi connectivity index (χ1n) is 7.21. The van der Waals surface area contributed by atoms with E-state index in [-0.39, 0.29) is 11.5 Å². The maximum Gasteiger partial charge on any atom is 0.123 e. The van der Waals surface area contributed by atoms with Crippen LogP contribution >= 0.6 is 15.9 Å². The molecule has 0 aromatic heterocycles. The molecule has 2 aromatic carbocycles. The fourth-order valence-electron chi connectivity index (χ4n) is 2.90. The van der Waals surface area contributed by atoms with Crippen molar-refractivity contribution in [3.63, 3.8) is 0 Å². The van der Waals surface area contributed by atoms with Crippen molar-refractivity contribution in [1.82, 2.24) is 5.32 Å². The Kier molecular flexibility index (Phi) is 3.80. The highest BCUT2D eigenvalue weighted by molar-refractivity contribution is 9.10. The number of benzene rings is 2. The quantitative estimate of drug-likeness (QED) is 0.888. The lowest BCUT2D eigenvalue weighted by Crippen LogP contribution is -2.20. The molecule has 3 rings (SSSR count). The van der Waals surface area contributed by atoms with Gasteiger partial charge in [0.2, 0.25) is 0 Å². The van der Waals surface area contributed by atoms with Crippen LogP contribution in [-0.4, -0.2) is 13.7 Å². The van der Waals surface area contributed by atoms with E-state index in [2.05, 4.69) is 77.6 Å². The lowest BCUT2D eigenvalue weighted by Gasteiger charge is -2.20. The molecule has 2 aromatic rings. The number of ether oxygens (including phenoxy) is 1. The SMILES string of the molecule is CNC(c1ccc(Br)cc1)c1ccc2c(c1)C(C)(C)CO2. The Morgan fingerprint density at radius 3 is 2.43 bits per heavy atom. The van der Waals surface area contributed by atoms with E-state index >= 15 is 0 Å². The molecule has 0 fully saturated rings. The topological polar surface area (TPSA) is 21.3 Å². The summed E-state index contributed by atoms with van der Waals surface area (Å²) < 4.78 is 6.88. The van der Waals surface area contributed by atoms with Crippen LogP contribution in [0.2, 0.25) is 0 Å². The van der Waals surface area contributed by atoms with Gasteiger partial charge in [0.05, 0.1) is 12.6 Å². The number of hydrogen-bond donors (Lipinski definition) is 1. The molecule has 1 N–H and O–H groups in total. The first-order chi connectivity index (χ1) is 10.0. The molecule has 0 spiro atoms. The standard InChI is InChI=1S/C18H20BrNO/c1-18(2)11-21-16-9-6-13(10-15(16)18)17(20-3)12-4-7-14(19)8-5-12/h4-10,17,20H,11H2,1-3H3. The van der Waals surface area contributed by atoms with Gasteiger partial charge in [-0.25, -0.2) is 0 Å². The summed E-state index contributed by atoms with van der Waals surface area (Å²) in [7, 11) is 2.00. The molecule has 1 atom stereocenters. The normalized spacial score (nSPS) is 17.1. The average Bonchev–Trinajstić information content (AvgIpc) is 2.77. The fraction of sp³-hybridized carbons (Fsp3) is 0.333. The van der Waals surface area contributed by atoms with Crippen LogP contribution in [0.1, 0.15) is 36.6 Å². The van der Waals surface area contributed by atoms with E-state index in [0.717, 1.165) is 16.8 Å². The van der Waals surface area contributed by atoms with E-state index in [4.69, 9.17) is 4.74 Å². The van der Waals surface area contributed by atoms with Crippen LogP contribution < -0.4 is 10.1 Å². The van der Waals surface area contributed by atoms with Gasteiger partial charge in [-0.15, -0.1) is 0 Å². The zero-order chi connectivity index (χ0) is 15.0. The van der Waals surface area contributed by atoms with Crippen molar-refractivity contribution in [1.29, 1.82) is 0 Å². The van der Waals surface area contributed by atoms with Gasteiger partial charge in [0.25, 0.3) is 0 Å². The summed E-state index contributed by atoms with van der Waals surface area (Å²) >= 11 is 3.49. The lowest BCUT2D eigenvalue weighted by atomic mass is 9.85. The molecule has 1 unspecified atom stereocenters. The second kappa shape index (κ2) is 5.47. The predicted octanol–water partition coefficient (Wildman–Crippen LogP) is 4.43. The molecule has 1 aliphatic rings. The molecule has 0 saturated heterocycles. The molecular formula is C18H20BrNO. The minimum absolute atomic E-state index is 0.0867. The smallest absolute Gasteiger partial charge is 0.123 e. The van der Waals surface area contributed by atoms with Crippen molar-refractivity contribution >= 4 is 15.9 Å². The molecule has 1 aliphatic heterocycles. The van der Waals surface area contributed by atoms with Gasteiger partial charge in [0.15, 0.2) is 0 Å². The first kappa shape index (κ1) is 14.6. The zero-order valence-electron chi connectivity index (χ0n) is 12.6. The van der Waals surface area contributed by atoms with Crippen molar-refractivity contribution in [3.8, 4) is 5.75 Å². The van der Waals surface area contributed by atoms with Gasteiger partial charge in [-0.3, -0.25) is 0 Å². The maximum atomic E-state index is 5.78. The molecule has 0 radical (unpaired) electrons. The van der Waals surface area contributed by atoms with Crippen molar-refractivity contribution in [2.24, 2.45) is 0 Å². The molecule has 2 nitrogen and oxygen atoms in total. The maximum absolute atomic E-state index is 5.78. The summed E-state index contributed by atoms with van der Waals surface area (Å²) in [5, 5.41) is 3.42. The minimum atomic E-state index is 0.0867. The summed E-state index contributed by atoms with van der Waals surface area (Å²) in [6.07, 6.45) is 0. The monoisotopic (exact) mass is 345 g/mol. The van der Waals surface area contributed by atoms with Crippen LogP contribution in [0.25, 0.3) is 0 Å². The van der Waals surface area contributed by atoms with Gasteiger partial charge >= 0.3 is 0 Å². The van der Waals surface area contributed by atoms with Crippen LogP contribution in [-0.2, 0) is 5.41 Å². The van der Waals surface area contributed by atoms with E-state index in [0.29, 0.717) is 0 Å². The summed E-state index contributed by atoms with van der Waals surface area (Å²) in [6.45, 7) is 5.22. The second-order valence-electron chi connectivity index (χ2n) is 6.20. The number of halogens is 1. The Balaban J connectivity index is 2.01. The second-order valence-corrected chi connectivity index (χ2v) is 7.12. The number of rotatable bonds is 3. The molecule has 3 heteroatoms. The number of nitrogens with one attached hydrogen (secondary N) is 1. The van der Waals surface area contributed by atoms with Crippen LogP contribution in [0.4, 0.5) is 0 Å². The zero-order valence-corrected chi connectivity index (χ0v) is 14.2. The summed E-state index contributed by atoms with van der Waals surface area (Å²) in [4.78, 5) is 0. The Morgan fingerprint density at radius 1 is 1.10 bits per heavy atom. The van der Waals surface area contributed by atoms with E-state index < -0.39 is 0 Å². The number of hydrogen-bond acceptors (Lipinski definition) is 2. The third-order valence-corrected chi connectivity index (χ3v) is 4.68. The van der Waals surface area contributed by atoms with Crippen LogP contribution in [0, 0.1) is 0 Å². The van der Waals surface area contributed by atoms with Gasteiger partial charge in [-0.05, 0) is 42.4 Å². The van der Waals surface area contributed by atoms with Crippen molar-refractivity contribution in [2.75, 3.05) is 13.7 Å². The van der Waals surface area contributed by atoms with Gasteiger partial charge in [-0.1, -0.05) is 48.0 Å². The minimum Gasteiger partial charge on any atom is -0.492 e. The highest BCUT2D eigenvalue weighted by atomic mass is 79.9. The third kappa shape index (κ3) is 2.72. The third-order valence-electron chi connectivity index (χ3n) is 4.15. The molecule has 21 heavy (non-hydrogen) atoms. The van der Waals surface area contributed by atoms with E-state index in [1.165, 1.54) is 16.7 Å². The number of fused-ring (bicyclic) bond motifs is 1. The molecule has 0 amide bonds. The lowest BCUT2D eigenvalue weighted by molar-refractivity contribution is 0.291. The molecule has 110 valence electrons. The highest BCUT2D eigenvalue weighted by Crippen LogP contribution is 2.40. The molecule has 0 aliphatic carbocycles. The van der Waals surface area contributed by atoms with Crippen LogP contribution in [0.5, 0.6) is 5.75 Å². The molecule has 0 saturated carbocycles. The Morgan fingerprint density at radius 2 is 1.76 bits per heavy atom. The Hall–Kier alpha value is -1.32. The van der Waals surface area contributed by atoms with Crippen molar-refractivity contribution in [2.45, 2.75) is 25.3 Å². The van der Waals surface area contributed by atoms with Gasteiger partial charge < -0.3 is 10.1 Å². The molecule has 1 heterocycles. The predicted molar refractivity (Wildman–Crippen MR) is 90.0 cm³/mol. The summed E-state index contributed by atoms with van der Waals surface area (Å²) in [6, 6.07) is 15.2. The summed E-state index contributed by atoms with van der Waals surface area (Å²) in [5.41, 5.74) is 3.93. The first-order valence-corrected chi connectivity index (χ1v) is 8.00. The van der Waals surface area contributed by atoms with Gasteiger partial charge in [0.1, 0.15) is 5.75 Å². The van der Waals surface area contributed by atoms with Crippen LogP contribution in [0.3, 0.4) is 0 Å². The molecule has 0 bridgehead atoms. The Labute approximate surface area is 134 Å². The van der Waals surface area contributed by atoms with Gasteiger partial charge in [0, 0.05) is 15.5 Å². The van der Waals surface area contributed by atoms with E-state index in [1.54, 1.807) is 0 Å².